The van der Waals surface area contributed by atoms with Gasteiger partial charge in [0.1, 0.15) is 5.82 Å². The Hall–Kier alpha value is -2.69. The second kappa shape index (κ2) is 7.73. The van der Waals surface area contributed by atoms with E-state index in [0.717, 1.165) is 16.8 Å². The van der Waals surface area contributed by atoms with E-state index in [1.54, 1.807) is 12.1 Å². The van der Waals surface area contributed by atoms with Crippen molar-refractivity contribution in [2.75, 3.05) is 16.8 Å². The van der Waals surface area contributed by atoms with Crippen molar-refractivity contribution < 1.29 is 14.0 Å². The molecule has 5 heteroatoms. The Morgan fingerprint density at radius 3 is 2.25 bits per heavy atom. The first-order valence-electron chi connectivity index (χ1n) is 7.79. The molecule has 0 aliphatic carbocycles. The van der Waals surface area contributed by atoms with Crippen LogP contribution < -0.4 is 10.2 Å². The van der Waals surface area contributed by atoms with Crippen LogP contribution in [-0.4, -0.2) is 18.4 Å². The number of hydrogen-bond donors (Lipinski definition) is 1. The maximum Gasteiger partial charge on any atom is 0.226 e. The lowest BCUT2D eigenvalue weighted by Gasteiger charge is -2.21. The van der Waals surface area contributed by atoms with Crippen LogP contribution in [0, 0.1) is 19.7 Å². The number of carbonyl (C=O) groups excluding carboxylic acids is 2. The van der Waals surface area contributed by atoms with Crippen molar-refractivity contribution >= 4 is 23.2 Å². The average Bonchev–Trinajstić information content (AvgIpc) is 2.52. The minimum absolute atomic E-state index is 0.0850. The highest BCUT2D eigenvalue weighted by Crippen LogP contribution is 2.21. The number of aryl methyl sites for hydroxylation is 2. The van der Waals surface area contributed by atoms with Gasteiger partial charge in [-0.25, -0.2) is 4.39 Å². The highest BCUT2D eigenvalue weighted by Gasteiger charge is 2.17. The van der Waals surface area contributed by atoms with Gasteiger partial charge < -0.3 is 10.2 Å². The summed E-state index contributed by atoms with van der Waals surface area (Å²) in [7, 11) is 0. The van der Waals surface area contributed by atoms with Gasteiger partial charge in [0.25, 0.3) is 0 Å². The number of rotatable bonds is 5. The Morgan fingerprint density at radius 2 is 1.67 bits per heavy atom. The molecule has 2 amide bonds. The molecule has 0 bridgehead atoms. The topological polar surface area (TPSA) is 49.4 Å². The fourth-order valence-electron chi connectivity index (χ4n) is 2.55. The molecule has 0 spiro atoms. The molecule has 0 fully saturated rings. The second-order valence-corrected chi connectivity index (χ2v) is 5.69. The summed E-state index contributed by atoms with van der Waals surface area (Å²) in [5.41, 5.74) is 2.91. The van der Waals surface area contributed by atoms with Crippen LogP contribution in [0.25, 0.3) is 0 Å². The molecule has 4 nitrogen and oxygen atoms in total. The van der Waals surface area contributed by atoms with Crippen LogP contribution in [0.15, 0.2) is 42.5 Å². The van der Waals surface area contributed by atoms with Crippen molar-refractivity contribution in [1.29, 1.82) is 0 Å². The molecule has 0 heterocycles. The molecule has 0 radical (unpaired) electrons. The summed E-state index contributed by atoms with van der Waals surface area (Å²) < 4.78 is 13.9. The molecule has 0 unspecified atom stereocenters. The number of hydrogen-bond acceptors (Lipinski definition) is 2. The summed E-state index contributed by atoms with van der Waals surface area (Å²) >= 11 is 0. The molecule has 0 aromatic heterocycles. The van der Waals surface area contributed by atoms with E-state index >= 15 is 0 Å². The van der Waals surface area contributed by atoms with Gasteiger partial charge in [0.2, 0.25) is 11.8 Å². The maximum absolute atomic E-state index is 13.9. The molecule has 2 aromatic carbocycles. The van der Waals surface area contributed by atoms with Gasteiger partial charge in [-0.1, -0.05) is 30.3 Å². The molecule has 2 aromatic rings. The van der Waals surface area contributed by atoms with Gasteiger partial charge in [0.15, 0.2) is 0 Å². The van der Waals surface area contributed by atoms with Crippen LogP contribution >= 0.6 is 0 Å². The number of anilines is 2. The van der Waals surface area contributed by atoms with E-state index in [1.807, 2.05) is 32.0 Å². The van der Waals surface area contributed by atoms with Crippen LogP contribution in [0.4, 0.5) is 15.8 Å². The number of benzene rings is 2. The number of carbonyl (C=O) groups is 2. The van der Waals surface area contributed by atoms with Gasteiger partial charge >= 0.3 is 0 Å². The van der Waals surface area contributed by atoms with Crippen LogP contribution in [0.1, 0.15) is 24.5 Å². The van der Waals surface area contributed by atoms with Gasteiger partial charge in [-0.3, -0.25) is 9.59 Å². The van der Waals surface area contributed by atoms with E-state index in [-0.39, 0.29) is 30.5 Å². The van der Waals surface area contributed by atoms with Gasteiger partial charge in [-0.2, -0.15) is 0 Å². The average molecular weight is 328 g/mol. The normalized spacial score (nSPS) is 10.3. The second-order valence-electron chi connectivity index (χ2n) is 5.69. The van der Waals surface area contributed by atoms with E-state index in [0.29, 0.717) is 0 Å². The van der Waals surface area contributed by atoms with Crippen molar-refractivity contribution in [2.24, 2.45) is 0 Å². The Balaban J connectivity index is 2.06. The van der Waals surface area contributed by atoms with Crippen molar-refractivity contribution in [3.05, 3.63) is 59.4 Å². The van der Waals surface area contributed by atoms with E-state index in [1.165, 1.54) is 24.0 Å². The fourth-order valence-corrected chi connectivity index (χ4v) is 2.55. The molecule has 126 valence electrons. The van der Waals surface area contributed by atoms with E-state index in [4.69, 9.17) is 0 Å². The van der Waals surface area contributed by atoms with Crippen molar-refractivity contribution in [3.8, 4) is 0 Å². The molecule has 24 heavy (non-hydrogen) atoms. The molecular weight excluding hydrogens is 307 g/mol. The standard InChI is InChI=1S/C19H21FN2O2/c1-13-7-6-8-14(2)19(13)21-18(24)11-12-22(15(3)23)17-10-5-4-9-16(17)20/h4-10H,11-12H2,1-3H3,(H,21,24). The number of nitrogens with zero attached hydrogens (tertiary/aromatic N) is 1. The third-order valence-corrected chi connectivity index (χ3v) is 3.83. The zero-order valence-electron chi connectivity index (χ0n) is 14.1. The summed E-state index contributed by atoms with van der Waals surface area (Å²) in [6, 6.07) is 11.8. The smallest absolute Gasteiger partial charge is 0.226 e. The summed E-state index contributed by atoms with van der Waals surface area (Å²) in [5.74, 6) is -1.00. The SMILES string of the molecule is CC(=O)N(CCC(=O)Nc1c(C)cccc1C)c1ccccc1F. The quantitative estimate of drug-likeness (QED) is 0.907. The third kappa shape index (κ3) is 4.19. The largest absolute Gasteiger partial charge is 0.326 e. The molecule has 0 aliphatic heterocycles. The Bertz CT molecular complexity index is 739. The molecule has 0 aliphatic rings. The number of amides is 2. The van der Waals surface area contributed by atoms with Gasteiger partial charge in [0.05, 0.1) is 5.69 Å². The minimum Gasteiger partial charge on any atom is -0.326 e. The fraction of sp³-hybridized carbons (Fsp3) is 0.263. The first-order chi connectivity index (χ1) is 11.4. The van der Waals surface area contributed by atoms with Crippen LogP contribution in [0.2, 0.25) is 0 Å². The summed E-state index contributed by atoms with van der Waals surface area (Å²) in [6.07, 6.45) is 0.0850. The van der Waals surface area contributed by atoms with Gasteiger partial charge in [-0.05, 0) is 37.1 Å². The predicted octanol–water partition coefficient (Wildman–Crippen LogP) is 3.82. The first kappa shape index (κ1) is 17.7. The van der Waals surface area contributed by atoms with Crippen LogP contribution in [0.5, 0.6) is 0 Å². The number of para-hydroxylation sites is 2. The first-order valence-corrected chi connectivity index (χ1v) is 7.79. The van der Waals surface area contributed by atoms with Crippen LogP contribution in [0.3, 0.4) is 0 Å². The van der Waals surface area contributed by atoms with Crippen LogP contribution in [-0.2, 0) is 9.59 Å². The molecular formula is C19H21FN2O2. The summed E-state index contributed by atoms with van der Waals surface area (Å²) in [5, 5.41) is 2.87. The van der Waals surface area contributed by atoms with E-state index in [9.17, 15) is 14.0 Å². The molecule has 2 rings (SSSR count). The van der Waals surface area contributed by atoms with Gasteiger partial charge in [-0.15, -0.1) is 0 Å². The lowest BCUT2D eigenvalue weighted by molar-refractivity contribution is -0.117. The highest BCUT2D eigenvalue weighted by molar-refractivity contribution is 5.95. The maximum atomic E-state index is 13.9. The van der Waals surface area contributed by atoms with Crippen molar-refractivity contribution in [2.45, 2.75) is 27.2 Å². The summed E-state index contributed by atoms with van der Waals surface area (Å²) in [6.45, 7) is 5.32. The number of halogens is 1. The Kier molecular flexibility index (Phi) is 5.68. The molecule has 0 saturated carbocycles. The lowest BCUT2D eigenvalue weighted by Crippen LogP contribution is -2.32. The zero-order chi connectivity index (χ0) is 17.7. The van der Waals surface area contributed by atoms with Crippen molar-refractivity contribution in [1.82, 2.24) is 0 Å². The molecule has 0 saturated heterocycles. The molecule has 0 atom stereocenters. The third-order valence-electron chi connectivity index (χ3n) is 3.83. The summed E-state index contributed by atoms with van der Waals surface area (Å²) in [4.78, 5) is 25.3. The highest BCUT2D eigenvalue weighted by atomic mass is 19.1. The predicted molar refractivity (Wildman–Crippen MR) is 93.6 cm³/mol. The monoisotopic (exact) mass is 328 g/mol. The van der Waals surface area contributed by atoms with E-state index < -0.39 is 5.82 Å². The number of nitrogens with one attached hydrogen (secondary N) is 1. The molecule has 1 N–H and O–H groups in total. The van der Waals surface area contributed by atoms with Crippen molar-refractivity contribution in [3.63, 3.8) is 0 Å². The zero-order valence-corrected chi connectivity index (χ0v) is 14.1. The Labute approximate surface area is 141 Å². The van der Waals surface area contributed by atoms with Gasteiger partial charge in [0, 0.05) is 25.6 Å². The lowest BCUT2D eigenvalue weighted by atomic mass is 10.1. The Morgan fingerprint density at radius 1 is 1.04 bits per heavy atom. The van der Waals surface area contributed by atoms with E-state index in [2.05, 4.69) is 5.32 Å². The minimum atomic E-state index is -0.483.